The lowest BCUT2D eigenvalue weighted by Gasteiger charge is -2.30. The lowest BCUT2D eigenvalue weighted by atomic mass is 10.1. The molecule has 4 rings (SSSR count). The van der Waals surface area contributed by atoms with Crippen molar-refractivity contribution < 1.29 is 0 Å². The van der Waals surface area contributed by atoms with Crippen molar-refractivity contribution in [1.29, 1.82) is 0 Å². The standard InChI is InChI=1S/C16H17ClN6/c17-11-9-19-16(23-7-5-10(18)6-8-23)22-14(11)15-20-12-3-1-2-4-13(12)21-15/h1-4,9-10H,5-8,18H2,(H,20,21). The van der Waals surface area contributed by atoms with Gasteiger partial charge in [0.2, 0.25) is 5.95 Å². The molecule has 0 saturated carbocycles. The molecule has 0 radical (unpaired) electrons. The Labute approximate surface area is 138 Å². The van der Waals surface area contributed by atoms with Gasteiger partial charge in [0, 0.05) is 19.1 Å². The van der Waals surface area contributed by atoms with Crippen LogP contribution in [0.25, 0.3) is 22.6 Å². The van der Waals surface area contributed by atoms with Gasteiger partial charge in [-0.3, -0.25) is 0 Å². The van der Waals surface area contributed by atoms with Gasteiger partial charge in [-0.15, -0.1) is 0 Å². The summed E-state index contributed by atoms with van der Waals surface area (Å²) in [5, 5.41) is 0.488. The molecular weight excluding hydrogens is 312 g/mol. The van der Waals surface area contributed by atoms with E-state index in [1.807, 2.05) is 24.3 Å². The van der Waals surface area contributed by atoms with E-state index in [0.717, 1.165) is 37.0 Å². The van der Waals surface area contributed by atoms with Crippen LogP contribution in [-0.2, 0) is 0 Å². The fourth-order valence-corrected chi connectivity index (χ4v) is 3.02. The van der Waals surface area contributed by atoms with Gasteiger partial charge >= 0.3 is 0 Å². The van der Waals surface area contributed by atoms with Crippen molar-refractivity contribution in [1.82, 2.24) is 19.9 Å². The van der Waals surface area contributed by atoms with Gasteiger partial charge in [0.1, 0.15) is 5.69 Å². The Morgan fingerprint density at radius 3 is 2.74 bits per heavy atom. The Bertz CT molecular complexity index is 804. The van der Waals surface area contributed by atoms with Gasteiger partial charge in [0.05, 0.1) is 22.3 Å². The second-order valence-corrected chi connectivity index (χ2v) is 6.20. The van der Waals surface area contributed by atoms with Gasteiger partial charge in [-0.05, 0) is 25.0 Å². The molecule has 1 aliphatic heterocycles. The lowest BCUT2D eigenvalue weighted by Crippen LogP contribution is -2.40. The summed E-state index contributed by atoms with van der Waals surface area (Å²) in [5.41, 5.74) is 8.44. The van der Waals surface area contributed by atoms with Crippen LogP contribution in [0.5, 0.6) is 0 Å². The minimum Gasteiger partial charge on any atom is -0.341 e. The zero-order valence-corrected chi connectivity index (χ0v) is 13.3. The number of fused-ring (bicyclic) bond motifs is 1. The molecule has 3 N–H and O–H groups in total. The maximum Gasteiger partial charge on any atom is 0.226 e. The van der Waals surface area contributed by atoms with Crippen molar-refractivity contribution in [2.45, 2.75) is 18.9 Å². The number of benzene rings is 1. The molecule has 1 saturated heterocycles. The first kappa shape index (κ1) is 14.4. The Balaban J connectivity index is 1.71. The van der Waals surface area contributed by atoms with Crippen molar-refractivity contribution in [3.8, 4) is 11.5 Å². The van der Waals surface area contributed by atoms with Crippen LogP contribution in [0.2, 0.25) is 5.02 Å². The van der Waals surface area contributed by atoms with Gasteiger partial charge in [-0.25, -0.2) is 15.0 Å². The Kier molecular flexibility index (Phi) is 3.63. The predicted octanol–water partition coefficient (Wildman–Crippen LogP) is 2.60. The Morgan fingerprint density at radius 2 is 1.96 bits per heavy atom. The molecule has 0 unspecified atom stereocenters. The van der Waals surface area contributed by atoms with E-state index < -0.39 is 0 Å². The van der Waals surface area contributed by atoms with Gasteiger partial charge in [0.15, 0.2) is 5.82 Å². The first-order valence-electron chi connectivity index (χ1n) is 7.69. The molecule has 3 aromatic rings. The molecule has 0 amide bonds. The maximum atomic E-state index is 6.30. The SMILES string of the molecule is NC1CCN(c2ncc(Cl)c(-c3nc4ccccc4[nH]3)n2)CC1. The third-order valence-corrected chi connectivity index (χ3v) is 4.44. The van der Waals surface area contributed by atoms with E-state index in [-0.39, 0.29) is 6.04 Å². The highest BCUT2D eigenvalue weighted by atomic mass is 35.5. The molecule has 1 aromatic carbocycles. The summed E-state index contributed by atoms with van der Waals surface area (Å²) < 4.78 is 0. The Hall–Kier alpha value is -2.18. The molecule has 0 bridgehead atoms. The summed E-state index contributed by atoms with van der Waals surface area (Å²) in [6, 6.07) is 8.13. The van der Waals surface area contributed by atoms with Gasteiger partial charge < -0.3 is 15.6 Å². The lowest BCUT2D eigenvalue weighted by molar-refractivity contribution is 0.495. The molecule has 23 heavy (non-hydrogen) atoms. The number of piperidine rings is 1. The fraction of sp³-hybridized carbons (Fsp3) is 0.312. The van der Waals surface area contributed by atoms with Crippen LogP contribution in [0, 0.1) is 0 Å². The number of imidazole rings is 1. The zero-order chi connectivity index (χ0) is 15.8. The predicted molar refractivity (Wildman–Crippen MR) is 91.6 cm³/mol. The van der Waals surface area contributed by atoms with Gasteiger partial charge in [-0.1, -0.05) is 23.7 Å². The molecule has 6 nitrogen and oxygen atoms in total. The average Bonchev–Trinajstić information content (AvgIpc) is 3.00. The number of anilines is 1. The highest BCUT2D eigenvalue weighted by Gasteiger charge is 2.20. The molecule has 0 aliphatic carbocycles. The number of hydrogen-bond acceptors (Lipinski definition) is 5. The van der Waals surface area contributed by atoms with Crippen LogP contribution < -0.4 is 10.6 Å². The van der Waals surface area contributed by atoms with Gasteiger partial charge in [0.25, 0.3) is 0 Å². The van der Waals surface area contributed by atoms with E-state index in [2.05, 4.69) is 24.8 Å². The van der Waals surface area contributed by atoms with E-state index in [4.69, 9.17) is 17.3 Å². The van der Waals surface area contributed by atoms with Crippen LogP contribution in [0.3, 0.4) is 0 Å². The number of nitrogens with two attached hydrogens (primary N) is 1. The van der Waals surface area contributed by atoms with Crippen molar-refractivity contribution >= 4 is 28.6 Å². The first-order valence-corrected chi connectivity index (χ1v) is 8.07. The van der Waals surface area contributed by atoms with Crippen LogP contribution in [0.15, 0.2) is 30.5 Å². The largest absolute Gasteiger partial charge is 0.341 e. The smallest absolute Gasteiger partial charge is 0.226 e. The van der Waals surface area contributed by atoms with Crippen molar-refractivity contribution in [2.24, 2.45) is 5.73 Å². The second kappa shape index (κ2) is 5.79. The summed E-state index contributed by atoms with van der Waals surface area (Å²) in [5.74, 6) is 1.34. The summed E-state index contributed by atoms with van der Waals surface area (Å²) in [4.78, 5) is 19.0. The number of rotatable bonds is 2. The van der Waals surface area contributed by atoms with E-state index in [9.17, 15) is 0 Å². The normalized spacial score (nSPS) is 16.2. The van der Waals surface area contributed by atoms with Crippen LogP contribution in [0.4, 0.5) is 5.95 Å². The second-order valence-electron chi connectivity index (χ2n) is 5.79. The number of aromatic nitrogens is 4. The monoisotopic (exact) mass is 328 g/mol. The van der Waals surface area contributed by atoms with Crippen LogP contribution >= 0.6 is 11.6 Å². The molecule has 1 aliphatic rings. The summed E-state index contributed by atoms with van der Waals surface area (Å²) in [6.07, 6.45) is 3.54. The zero-order valence-electron chi connectivity index (χ0n) is 12.5. The number of H-pyrrole nitrogens is 1. The summed E-state index contributed by atoms with van der Waals surface area (Å²) >= 11 is 6.30. The number of nitrogens with one attached hydrogen (secondary N) is 1. The van der Waals surface area contributed by atoms with E-state index >= 15 is 0 Å². The number of hydrogen-bond donors (Lipinski definition) is 2. The van der Waals surface area contributed by atoms with Crippen LogP contribution in [0.1, 0.15) is 12.8 Å². The molecule has 7 heteroatoms. The molecule has 0 atom stereocenters. The number of halogens is 1. The molecular formula is C16H17ClN6. The minimum atomic E-state index is 0.272. The number of nitrogens with zero attached hydrogens (tertiary/aromatic N) is 4. The van der Waals surface area contributed by atoms with E-state index in [1.54, 1.807) is 6.20 Å². The first-order chi connectivity index (χ1) is 11.2. The third-order valence-electron chi connectivity index (χ3n) is 4.17. The maximum absolute atomic E-state index is 6.30. The third kappa shape index (κ3) is 2.75. The van der Waals surface area contributed by atoms with Crippen molar-refractivity contribution in [2.75, 3.05) is 18.0 Å². The molecule has 3 heterocycles. The Morgan fingerprint density at radius 1 is 1.17 bits per heavy atom. The summed E-state index contributed by atoms with van der Waals surface area (Å²) in [6.45, 7) is 1.73. The van der Waals surface area contributed by atoms with Gasteiger partial charge in [-0.2, -0.15) is 0 Å². The van der Waals surface area contributed by atoms with E-state index in [1.165, 1.54) is 0 Å². The highest BCUT2D eigenvalue weighted by Crippen LogP contribution is 2.27. The average molecular weight is 329 g/mol. The summed E-state index contributed by atoms with van der Waals surface area (Å²) in [7, 11) is 0. The van der Waals surface area contributed by atoms with E-state index in [0.29, 0.717) is 22.5 Å². The quantitative estimate of drug-likeness (QED) is 0.755. The highest BCUT2D eigenvalue weighted by molar-refractivity contribution is 6.32. The van der Waals surface area contributed by atoms with Crippen LogP contribution in [-0.4, -0.2) is 39.1 Å². The fourth-order valence-electron chi connectivity index (χ4n) is 2.84. The topological polar surface area (TPSA) is 83.7 Å². The molecule has 1 fully saturated rings. The number of aromatic amines is 1. The van der Waals surface area contributed by atoms with Crippen molar-refractivity contribution in [3.05, 3.63) is 35.5 Å². The van der Waals surface area contributed by atoms with Crippen molar-refractivity contribution in [3.63, 3.8) is 0 Å². The number of para-hydroxylation sites is 2. The molecule has 118 valence electrons. The minimum absolute atomic E-state index is 0.272. The molecule has 0 spiro atoms. The molecule has 2 aromatic heterocycles.